The molecule has 0 saturated heterocycles. The number of H-pyrrole nitrogens is 1. The van der Waals surface area contributed by atoms with Crippen molar-refractivity contribution < 1.29 is 9.53 Å². The molecular formula is C12H10Cl2N2O2. The molecule has 0 fully saturated rings. The molecule has 0 spiro atoms. The summed E-state index contributed by atoms with van der Waals surface area (Å²) in [6.45, 7) is 0. The van der Waals surface area contributed by atoms with E-state index in [0.717, 1.165) is 0 Å². The number of nitrogen functional groups attached to an aromatic ring is 1. The average Bonchev–Trinajstić information content (AvgIpc) is 2.70. The normalized spacial score (nSPS) is 10.4. The first-order valence-electron chi connectivity index (χ1n) is 5.05. The number of ether oxygens (including phenoxy) is 1. The van der Waals surface area contributed by atoms with Crippen LogP contribution in [0.4, 0.5) is 5.82 Å². The topological polar surface area (TPSA) is 68.1 Å². The van der Waals surface area contributed by atoms with Gasteiger partial charge in [0.15, 0.2) is 0 Å². The predicted octanol–water partition coefficient (Wildman–Crippen LogP) is 3.36. The minimum absolute atomic E-state index is 0.216. The van der Waals surface area contributed by atoms with Crippen LogP contribution in [0.2, 0.25) is 10.0 Å². The number of hydrogen-bond acceptors (Lipinski definition) is 3. The summed E-state index contributed by atoms with van der Waals surface area (Å²) in [5.74, 6) is -0.326. The number of anilines is 1. The van der Waals surface area contributed by atoms with E-state index in [1.165, 1.54) is 7.11 Å². The minimum Gasteiger partial charge on any atom is -0.465 e. The molecule has 0 radical (unpaired) electrons. The Morgan fingerprint density at radius 2 is 1.94 bits per heavy atom. The van der Waals surface area contributed by atoms with Crippen LogP contribution in [0.25, 0.3) is 11.1 Å². The second kappa shape index (κ2) is 4.92. The maximum Gasteiger partial charge on any atom is 0.342 e. The third kappa shape index (κ3) is 2.05. The molecule has 0 aliphatic rings. The largest absolute Gasteiger partial charge is 0.465 e. The number of esters is 1. The van der Waals surface area contributed by atoms with Gasteiger partial charge in [-0.25, -0.2) is 4.79 Å². The van der Waals surface area contributed by atoms with Crippen molar-refractivity contribution in [1.82, 2.24) is 4.98 Å². The first kappa shape index (κ1) is 12.8. The number of aromatic nitrogens is 1. The van der Waals surface area contributed by atoms with Gasteiger partial charge >= 0.3 is 5.97 Å². The van der Waals surface area contributed by atoms with E-state index in [9.17, 15) is 4.79 Å². The first-order valence-corrected chi connectivity index (χ1v) is 5.81. The summed E-state index contributed by atoms with van der Waals surface area (Å²) in [4.78, 5) is 14.5. The lowest BCUT2D eigenvalue weighted by Crippen LogP contribution is -2.05. The van der Waals surface area contributed by atoms with Crippen molar-refractivity contribution >= 4 is 35.0 Å². The van der Waals surface area contributed by atoms with Gasteiger partial charge in [-0.05, 0) is 12.1 Å². The fraction of sp³-hybridized carbons (Fsp3) is 0.0833. The van der Waals surface area contributed by atoms with Gasteiger partial charge < -0.3 is 15.5 Å². The molecule has 1 aromatic heterocycles. The highest BCUT2D eigenvalue weighted by atomic mass is 35.5. The van der Waals surface area contributed by atoms with E-state index in [-0.39, 0.29) is 11.4 Å². The van der Waals surface area contributed by atoms with E-state index < -0.39 is 5.97 Å². The number of carbonyl (C=O) groups excluding carboxylic acids is 1. The zero-order chi connectivity index (χ0) is 13.3. The van der Waals surface area contributed by atoms with E-state index in [4.69, 9.17) is 33.7 Å². The third-order valence-electron chi connectivity index (χ3n) is 2.53. The minimum atomic E-state index is -0.542. The summed E-state index contributed by atoms with van der Waals surface area (Å²) >= 11 is 12.2. The van der Waals surface area contributed by atoms with Crippen molar-refractivity contribution in [2.24, 2.45) is 0 Å². The molecule has 0 amide bonds. The summed E-state index contributed by atoms with van der Waals surface area (Å²) in [5, 5.41) is 0.873. The molecule has 2 rings (SSSR count). The third-order valence-corrected chi connectivity index (χ3v) is 3.16. The van der Waals surface area contributed by atoms with Crippen molar-refractivity contribution in [1.29, 1.82) is 0 Å². The lowest BCUT2D eigenvalue weighted by molar-refractivity contribution is 0.0603. The predicted molar refractivity (Wildman–Crippen MR) is 72.0 cm³/mol. The molecular weight excluding hydrogens is 275 g/mol. The van der Waals surface area contributed by atoms with E-state index >= 15 is 0 Å². The van der Waals surface area contributed by atoms with Crippen LogP contribution < -0.4 is 5.73 Å². The summed E-state index contributed by atoms with van der Waals surface area (Å²) in [6.07, 6.45) is 1.58. The monoisotopic (exact) mass is 284 g/mol. The Kier molecular flexibility index (Phi) is 3.50. The van der Waals surface area contributed by atoms with E-state index in [1.807, 2.05) is 0 Å². The standard InChI is InChI=1S/C12H10Cl2N2O2/c1-18-12(17)10-6(5-16-11(10)15)9-7(13)3-2-4-8(9)14/h2-5,16H,15H2,1H3. The molecule has 6 heteroatoms. The molecule has 18 heavy (non-hydrogen) atoms. The van der Waals surface area contributed by atoms with Crippen molar-refractivity contribution in [3.8, 4) is 11.1 Å². The Morgan fingerprint density at radius 3 is 2.50 bits per heavy atom. The zero-order valence-corrected chi connectivity index (χ0v) is 11.0. The van der Waals surface area contributed by atoms with Gasteiger partial charge in [-0.15, -0.1) is 0 Å². The Morgan fingerprint density at radius 1 is 1.33 bits per heavy atom. The SMILES string of the molecule is COC(=O)c1c(-c2c(Cl)cccc2Cl)c[nH]c1N. The fourth-order valence-electron chi connectivity index (χ4n) is 1.71. The summed E-state index contributed by atoms with van der Waals surface area (Å²) < 4.78 is 4.69. The van der Waals surface area contributed by atoms with Gasteiger partial charge in [-0.1, -0.05) is 29.3 Å². The molecule has 0 unspecified atom stereocenters. The Labute approximate surface area is 114 Å². The number of benzene rings is 1. The number of hydrogen-bond donors (Lipinski definition) is 2. The van der Waals surface area contributed by atoms with Crippen LogP contribution >= 0.6 is 23.2 Å². The van der Waals surface area contributed by atoms with Crippen molar-refractivity contribution in [3.63, 3.8) is 0 Å². The summed E-state index contributed by atoms with van der Waals surface area (Å²) in [7, 11) is 1.28. The van der Waals surface area contributed by atoms with Crippen molar-refractivity contribution in [3.05, 3.63) is 40.0 Å². The Bertz CT molecular complexity index is 588. The number of carbonyl (C=O) groups is 1. The maximum atomic E-state index is 11.7. The van der Waals surface area contributed by atoms with E-state index in [2.05, 4.69) is 4.98 Å². The van der Waals surface area contributed by atoms with Crippen LogP contribution in [-0.4, -0.2) is 18.1 Å². The molecule has 1 aromatic carbocycles. The smallest absolute Gasteiger partial charge is 0.342 e. The van der Waals surface area contributed by atoms with Gasteiger partial charge in [-0.3, -0.25) is 0 Å². The van der Waals surface area contributed by atoms with Crippen molar-refractivity contribution in [2.75, 3.05) is 12.8 Å². The molecule has 3 N–H and O–H groups in total. The van der Waals surface area contributed by atoms with Crippen LogP contribution in [0.15, 0.2) is 24.4 Å². The summed E-state index contributed by atoms with van der Waals surface area (Å²) in [6, 6.07) is 5.10. The molecule has 94 valence electrons. The first-order chi connectivity index (χ1) is 8.56. The van der Waals surface area contributed by atoms with Gasteiger partial charge in [0.1, 0.15) is 11.4 Å². The highest BCUT2D eigenvalue weighted by molar-refractivity contribution is 6.39. The van der Waals surface area contributed by atoms with Crippen LogP contribution in [0.3, 0.4) is 0 Å². The number of nitrogens with two attached hydrogens (primary N) is 1. The number of nitrogens with one attached hydrogen (secondary N) is 1. The number of methoxy groups -OCH3 is 1. The number of halogens is 2. The molecule has 0 bridgehead atoms. The van der Waals surface area contributed by atoms with Gasteiger partial charge in [0.2, 0.25) is 0 Å². The molecule has 0 aliphatic heterocycles. The number of rotatable bonds is 2. The fourth-order valence-corrected chi connectivity index (χ4v) is 2.31. The van der Waals surface area contributed by atoms with Gasteiger partial charge in [-0.2, -0.15) is 0 Å². The van der Waals surface area contributed by atoms with E-state index in [1.54, 1.807) is 24.4 Å². The van der Waals surface area contributed by atoms with Gasteiger partial charge in [0.05, 0.1) is 7.11 Å². The highest BCUT2D eigenvalue weighted by Gasteiger charge is 2.22. The highest BCUT2D eigenvalue weighted by Crippen LogP contribution is 2.38. The van der Waals surface area contributed by atoms with Gasteiger partial charge in [0.25, 0.3) is 0 Å². The van der Waals surface area contributed by atoms with Gasteiger partial charge in [0, 0.05) is 27.4 Å². The quantitative estimate of drug-likeness (QED) is 0.831. The summed E-state index contributed by atoms with van der Waals surface area (Å²) in [5.41, 5.74) is 7.02. The Hall–Kier alpha value is -1.65. The molecule has 1 heterocycles. The molecule has 2 aromatic rings. The number of aromatic amines is 1. The average molecular weight is 285 g/mol. The maximum absolute atomic E-state index is 11.7. The van der Waals surface area contributed by atoms with Crippen LogP contribution in [0.5, 0.6) is 0 Å². The second-order valence-electron chi connectivity index (χ2n) is 3.58. The molecule has 0 aliphatic carbocycles. The Balaban J connectivity index is 2.69. The van der Waals surface area contributed by atoms with Crippen molar-refractivity contribution in [2.45, 2.75) is 0 Å². The zero-order valence-electron chi connectivity index (χ0n) is 9.46. The second-order valence-corrected chi connectivity index (χ2v) is 4.39. The van der Waals surface area contributed by atoms with Crippen LogP contribution in [-0.2, 0) is 4.74 Å². The van der Waals surface area contributed by atoms with E-state index in [0.29, 0.717) is 21.2 Å². The lowest BCUT2D eigenvalue weighted by atomic mass is 10.0. The van der Waals surface area contributed by atoms with Crippen LogP contribution in [0.1, 0.15) is 10.4 Å². The molecule has 0 saturated carbocycles. The molecule has 4 nitrogen and oxygen atoms in total. The lowest BCUT2D eigenvalue weighted by Gasteiger charge is -2.07. The molecule has 0 atom stereocenters. The van der Waals surface area contributed by atoms with Crippen LogP contribution in [0, 0.1) is 0 Å².